The lowest BCUT2D eigenvalue weighted by atomic mass is 10.1. The zero-order valence-corrected chi connectivity index (χ0v) is 11.5. The molecule has 1 heterocycles. The zero-order valence-electron chi connectivity index (χ0n) is 11.5. The SMILES string of the molecule is COCC(=O)Nc1ccc2c(c1)N(C(=O)C1CC1)CC2. The molecule has 0 aromatic heterocycles. The summed E-state index contributed by atoms with van der Waals surface area (Å²) in [5.41, 5.74) is 2.82. The Bertz CT molecular complexity index is 552. The Morgan fingerprint density at radius 2 is 2.20 bits per heavy atom. The van der Waals surface area contributed by atoms with E-state index in [0.29, 0.717) is 5.69 Å². The highest BCUT2D eigenvalue weighted by Crippen LogP contribution is 2.37. The molecule has 5 heteroatoms. The van der Waals surface area contributed by atoms with Crippen molar-refractivity contribution < 1.29 is 14.3 Å². The molecule has 0 atom stereocenters. The first-order valence-electron chi connectivity index (χ1n) is 6.92. The molecule has 3 rings (SSSR count). The van der Waals surface area contributed by atoms with Crippen LogP contribution in [-0.4, -0.2) is 32.1 Å². The number of carbonyl (C=O) groups is 2. The maximum Gasteiger partial charge on any atom is 0.250 e. The van der Waals surface area contributed by atoms with Crippen LogP contribution >= 0.6 is 0 Å². The Labute approximate surface area is 117 Å². The summed E-state index contributed by atoms with van der Waals surface area (Å²) in [4.78, 5) is 25.6. The van der Waals surface area contributed by atoms with Crippen molar-refractivity contribution in [3.05, 3.63) is 23.8 Å². The van der Waals surface area contributed by atoms with Crippen molar-refractivity contribution in [2.45, 2.75) is 19.3 Å². The molecule has 2 amide bonds. The number of rotatable bonds is 4. The van der Waals surface area contributed by atoms with Crippen LogP contribution in [0.5, 0.6) is 0 Å². The van der Waals surface area contributed by atoms with Gasteiger partial charge in [-0.1, -0.05) is 6.07 Å². The van der Waals surface area contributed by atoms with Gasteiger partial charge in [-0.25, -0.2) is 0 Å². The molecule has 0 bridgehead atoms. The number of fused-ring (bicyclic) bond motifs is 1. The number of anilines is 2. The number of methoxy groups -OCH3 is 1. The Kier molecular flexibility index (Phi) is 3.44. The predicted molar refractivity (Wildman–Crippen MR) is 75.7 cm³/mol. The van der Waals surface area contributed by atoms with Crippen LogP contribution in [0, 0.1) is 5.92 Å². The summed E-state index contributed by atoms with van der Waals surface area (Å²) in [6.45, 7) is 0.780. The van der Waals surface area contributed by atoms with Crippen LogP contribution in [0.25, 0.3) is 0 Å². The van der Waals surface area contributed by atoms with Crippen molar-refractivity contribution in [3.8, 4) is 0 Å². The normalized spacial score (nSPS) is 16.9. The average Bonchev–Trinajstić information content (AvgIpc) is 3.19. The molecule has 1 aromatic rings. The minimum absolute atomic E-state index is 0.0296. The fraction of sp³-hybridized carbons (Fsp3) is 0.467. The number of benzene rings is 1. The maximum absolute atomic E-state index is 12.2. The quantitative estimate of drug-likeness (QED) is 0.906. The van der Waals surface area contributed by atoms with Crippen LogP contribution < -0.4 is 10.2 Å². The average molecular weight is 274 g/mol. The highest BCUT2D eigenvalue weighted by Gasteiger charge is 2.36. The number of amides is 2. The third-order valence-corrected chi connectivity index (χ3v) is 3.73. The van der Waals surface area contributed by atoms with E-state index in [1.807, 2.05) is 23.1 Å². The van der Waals surface area contributed by atoms with Crippen molar-refractivity contribution >= 4 is 23.2 Å². The van der Waals surface area contributed by atoms with Gasteiger partial charge >= 0.3 is 0 Å². The van der Waals surface area contributed by atoms with Gasteiger partial charge in [-0.15, -0.1) is 0 Å². The summed E-state index contributed by atoms with van der Waals surface area (Å²) >= 11 is 0. The van der Waals surface area contributed by atoms with Crippen LogP contribution in [0.3, 0.4) is 0 Å². The van der Waals surface area contributed by atoms with E-state index in [-0.39, 0.29) is 24.3 Å². The van der Waals surface area contributed by atoms with Gasteiger partial charge in [0, 0.05) is 30.9 Å². The van der Waals surface area contributed by atoms with E-state index in [0.717, 1.165) is 31.5 Å². The summed E-state index contributed by atoms with van der Waals surface area (Å²) in [7, 11) is 1.48. The second kappa shape index (κ2) is 5.25. The Hall–Kier alpha value is -1.88. The van der Waals surface area contributed by atoms with E-state index in [9.17, 15) is 9.59 Å². The fourth-order valence-corrected chi connectivity index (χ4v) is 2.56. The van der Waals surface area contributed by atoms with Gasteiger partial charge in [0.15, 0.2) is 0 Å². The number of nitrogens with zero attached hydrogens (tertiary/aromatic N) is 1. The molecule has 1 aliphatic heterocycles. The second-order valence-corrected chi connectivity index (χ2v) is 5.34. The highest BCUT2D eigenvalue weighted by atomic mass is 16.5. The van der Waals surface area contributed by atoms with Crippen LogP contribution in [0.2, 0.25) is 0 Å². The molecule has 0 radical (unpaired) electrons. The van der Waals surface area contributed by atoms with Gasteiger partial charge < -0.3 is 15.0 Å². The van der Waals surface area contributed by atoms with Crippen molar-refractivity contribution in [1.29, 1.82) is 0 Å². The molecule has 1 saturated carbocycles. The molecule has 20 heavy (non-hydrogen) atoms. The number of ether oxygens (including phenoxy) is 1. The summed E-state index contributed by atoms with van der Waals surface area (Å²) in [6.07, 6.45) is 2.91. The third kappa shape index (κ3) is 2.54. The summed E-state index contributed by atoms with van der Waals surface area (Å²) < 4.78 is 4.79. The fourth-order valence-electron chi connectivity index (χ4n) is 2.56. The molecule has 1 aromatic carbocycles. The van der Waals surface area contributed by atoms with Gasteiger partial charge in [-0.05, 0) is 37.0 Å². The topological polar surface area (TPSA) is 58.6 Å². The Balaban J connectivity index is 1.78. The minimum Gasteiger partial charge on any atom is -0.375 e. The summed E-state index contributed by atoms with van der Waals surface area (Å²) in [5.74, 6) is 0.252. The van der Waals surface area contributed by atoms with Gasteiger partial charge in [0.25, 0.3) is 0 Å². The van der Waals surface area contributed by atoms with Gasteiger partial charge in [0.2, 0.25) is 11.8 Å². The summed E-state index contributed by atoms with van der Waals surface area (Å²) in [6, 6.07) is 5.74. The van der Waals surface area contributed by atoms with Crippen molar-refractivity contribution in [1.82, 2.24) is 0 Å². The first-order chi connectivity index (χ1) is 9.69. The molecule has 1 fully saturated rings. The predicted octanol–water partition coefficient (Wildman–Crippen LogP) is 1.57. The molecule has 106 valence electrons. The van der Waals surface area contributed by atoms with Gasteiger partial charge in [0.1, 0.15) is 6.61 Å². The first-order valence-corrected chi connectivity index (χ1v) is 6.92. The first kappa shape index (κ1) is 13.1. The van der Waals surface area contributed by atoms with E-state index >= 15 is 0 Å². The molecular weight excluding hydrogens is 256 g/mol. The van der Waals surface area contributed by atoms with Crippen LogP contribution in [0.1, 0.15) is 18.4 Å². The molecule has 2 aliphatic rings. The van der Waals surface area contributed by atoms with E-state index in [2.05, 4.69) is 5.32 Å². The minimum atomic E-state index is -0.189. The summed E-state index contributed by atoms with van der Waals surface area (Å²) in [5, 5.41) is 2.77. The third-order valence-electron chi connectivity index (χ3n) is 3.73. The van der Waals surface area contributed by atoms with Crippen LogP contribution in [-0.2, 0) is 20.7 Å². The molecule has 1 N–H and O–H groups in total. The van der Waals surface area contributed by atoms with Crippen molar-refractivity contribution in [2.75, 3.05) is 30.5 Å². The smallest absolute Gasteiger partial charge is 0.250 e. The van der Waals surface area contributed by atoms with Gasteiger partial charge in [-0.2, -0.15) is 0 Å². The van der Waals surface area contributed by atoms with Crippen LogP contribution in [0.15, 0.2) is 18.2 Å². The molecular formula is C15H18N2O3. The van der Waals surface area contributed by atoms with E-state index in [4.69, 9.17) is 4.74 Å². The number of nitrogens with one attached hydrogen (secondary N) is 1. The van der Waals surface area contributed by atoms with E-state index in [1.54, 1.807) is 0 Å². The highest BCUT2D eigenvalue weighted by molar-refractivity contribution is 5.99. The second-order valence-electron chi connectivity index (χ2n) is 5.34. The van der Waals surface area contributed by atoms with Crippen molar-refractivity contribution in [3.63, 3.8) is 0 Å². The Morgan fingerprint density at radius 1 is 1.40 bits per heavy atom. The maximum atomic E-state index is 12.2. The standard InChI is InChI=1S/C15H18N2O3/c1-20-9-14(18)16-12-5-4-10-6-7-17(13(10)8-12)15(19)11-2-3-11/h4-5,8,11H,2-3,6-7,9H2,1H3,(H,16,18). The van der Waals surface area contributed by atoms with E-state index in [1.165, 1.54) is 12.7 Å². The lowest BCUT2D eigenvalue weighted by Crippen LogP contribution is -2.30. The van der Waals surface area contributed by atoms with Crippen molar-refractivity contribution in [2.24, 2.45) is 5.92 Å². The molecule has 0 saturated heterocycles. The van der Waals surface area contributed by atoms with Crippen LogP contribution in [0.4, 0.5) is 11.4 Å². The number of carbonyl (C=O) groups excluding carboxylic acids is 2. The number of hydrogen-bond donors (Lipinski definition) is 1. The largest absolute Gasteiger partial charge is 0.375 e. The Morgan fingerprint density at radius 3 is 2.90 bits per heavy atom. The molecule has 0 unspecified atom stereocenters. The molecule has 5 nitrogen and oxygen atoms in total. The molecule has 0 spiro atoms. The lowest BCUT2D eigenvalue weighted by Gasteiger charge is -2.18. The van der Waals surface area contributed by atoms with E-state index < -0.39 is 0 Å². The molecule has 1 aliphatic carbocycles. The lowest BCUT2D eigenvalue weighted by molar-refractivity contribution is -0.120. The number of hydrogen-bond acceptors (Lipinski definition) is 3. The zero-order chi connectivity index (χ0) is 14.1. The van der Waals surface area contributed by atoms with Gasteiger partial charge in [-0.3, -0.25) is 9.59 Å². The van der Waals surface area contributed by atoms with Gasteiger partial charge in [0.05, 0.1) is 0 Å². The monoisotopic (exact) mass is 274 g/mol.